The zero-order valence-electron chi connectivity index (χ0n) is 11.4. The van der Waals surface area contributed by atoms with Crippen LogP contribution in [0.15, 0.2) is 29.6 Å². The van der Waals surface area contributed by atoms with Gasteiger partial charge in [0, 0.05) is 23.7 Å². The molecule has 1 aromatic heterocycles. The van der Waals surface area contributed by atoms with Crippen LogP contribution in [0.4, 0.5) is 0 Å². The summed E-state index contributed by atoms with van der Waals surface area (Å²) in [6.45, 7) is 5.83. The van der Waals surface area contributed by atoms with Crippen LogP contribution < -0.4 is 0 Å². The normalized spacial score (nSPS) is 11.6. The molecule has 0 aliphatic rings. The lowest BCUT2D eigenvalue weighted by Crippen LogP contribution is -2.06. The molecule has 0 aliphatic carbocycles. The Morgan fingerprint density at radius 1 is 1.05 bits per heavy atom. The smallest absolute Gasteiger partial charge is 0.226 e. The van der Waals surface area contributed by atoms with Crippen LogP contribution >= 0.6 is 0 Å². The van der Waals surface area contributed by atoms with E-state index in [1.54, 1.807) is 13.1 Å². The molecule has 5 heteroatoms. The van der Waals surface area contributed by atoms with Gasteiger partial charge in [0.25, 0.3) is 0 Å². The van der Waals surface area contributed by atoms with E-state index in [2.05, 4.69) is 16.0 Å². The summed E-state index contributed by atoms with van der Waals surface area (Å²) in [5.74, 6) is 0. The fourth-order valence-electron chi connectivity index (χ4n) is 1.91. The minimum absolute atomic E-state index is 0.126. The third-order valence-corrected chi connectivity index (χ3v) is 3.83. The molecule has 0 aliphatic heterocycles. The van der Waals surface area contributed by atoms with Gasteiger partial charge < -0.3 is 0 Å². The second kappa shape index (κ2) is 4.74. The largest absolute Gasteiger partial charge is 0.247 e. The first-order chi connectivity index (χ1) is 8.79. The highest BCUT2D eigenvalue weighted by molar-refractivity contribution is 7.90. The van der Waals surface area contributed by atoms with Crippen molar-refractivity contribution in [3.8, 4) is 11.1 Å². The van der Waals surface area contributed by atoms with Gasteiger partial charge >= 0.3 is 0 Å². The summed E-state index contributed by atoms with van der Waals surface area (Å²) in [6.07, 6.45) is 2.69. The summed E-state index contributed by atoms with van der Waals surface area (Å²) >= 11 is 0. The van der Waals surface area contributed by atoms with Gasteiger partial charge in [0.2, 0.25) is 15.0 Å². The van der Waals surface area contributed by atoms with Gasteiger partial charge in [-0.05, 0) is 31.9 Å². The van der Waals surface area contributed by atoms with E-state index >= 15 is 0 Å². The van der Waals surface area contributed by atoms with Gasteiger partial charge in [-0.25, -0.2) is 18.4 Å². The van der Waals surface area contributed by atoms with Gasteiger partial charge in [0.05, 0.1) is 0 Å². The van der Waals surface area contributed by atoms with Crippen LogP contribution in [0, 0.1) is 20.8 Å². The Bertz CT molecular complexity index is 737. The van der Waals surface area contributed by atoms with Crippen molar-refractivity contribution in [2.45, 2.75) is 25.9 Å². The summed E-state index contributed by atoms with van der Waals surface area (Å²) in [7, 11) is -3.36. The first kappa shape index (κ1) is 13.7. The van der Waals surface area contributed by atoms with E-state index in [9.17, 15) is 8.42 Å². The van der Waals surface area contributed by atoms with E-state index in [4.69, 9.17) is 0 Å². The highest BCUT2D eigenvalue weighted by atomic mass is 32.2. The van der Waals surface area contributed by atoms with E-state index in [0.717, 1.165) is 28.5 Å². The van der Waals surface area contributed by atoms with Crippen molar-refractivity contribution >= 4 is 9.84 Å². The van der Waals surface area contributed by atoms with E-state index in [1.165, 1.54) is 0 Å². The lowest BCUT2D eigenvalue weighted by Gasteiger charge is -2.10. The molecule has 1 heterocycles. The van der Waals surface area contributed by atoms with Crippen molar-refractivity contribution in [3.63, 3.8) is 0 Å². The number of nitrogens with zero attached hydrogens (tertiary/aromatic N) is 2. The lowest BCUT2D eigenvalue weighted by atomic mass is 9.99. The van der Waals surface area contributed by atoms with Gasteiger partial charge in [-0.2, -0.15) is 0 Å². The maximum absolute atomic E-state index is 11.4. The Morgan fingerprint density at radius 2 is 1.74 bits per heavy atom. The van der Waals surface area contributed by atoms with Gasteiger partial charge in [0.1, 0.15) is 0 Å². The minimum atomic E-state index is -3.36. The average Bonchev–Trinajstić information content (AvgIpc) is 2.31. The van der Waals surface area contributed by atoms with Gasteiger partial charge in [-0.15, -0.1) is 0 Å². The van der Waals surface area contributed by atoms with E-state index in [1.807, 2.05) is 26.0 Å². The topological polar surface area (TPSA) is 59.9 Å². The molecular weight excluding hydrogens is 260 g/mol. The standard InChI is InChI=1S/C14H16N2O2S/c1-9-5-6-10(2)12(7-9)13-8-15-14(16-11(13)3)19(4,17)18/h5-8H,1-4H3. The fraction of sp³-hybridized carbons (Fsp3) is 0.286. The molecular formula is C14H16N2O2S. The maximum atomic E-state index is 11.4. The predicted molar refractivity (Wildman–Crippen MR) is 74.8 cm³/mol. The molecule has 2 aromatic rings. The predicted octanol–water partition coefficient (Wildman–Crippen LogP) is 2.47. The molecule has 1 aromatic carbocycles. The molecule has 0 saturated heterocycles. The van der Waals surface area contributed by atoms with Crippen LogP contribution in [0.25, 0.3) is 11.1 Å². The zero-order chi connectivity index (χ0) is 14.2. The number of rotatable bonds is 2. The summed E-state index contributed by atoms with van der Waals surface area (Å²) in [5, 5.41) is -0.126. The van der Waals surface area contributed by atoms with Crippen LogP contribution in [0.1, 0.15) is 16.8 Å². The van der Waals surface area contributed by atoms with Crippen LogP contribution in [0.2, 0.25) is 0 Å². The van der Waals surface area contributed by atoms with E-state index in [-0.39, 0.29) is 5.16 Å². The van der Waals surface area contributed by atoms with Crippen molar-refractivity contribution in [3.05, 3.63) is 41.2 Å². The van der Waals surface area contributed by atoms with Crippen LogP contribution in [0.5, 0.6) is 0 Å². The van der Waals surface area contributed by atoms with Crippen molar-refractivity contribution < 1.29 is 8.42 Å². The quantitative estimate of drug-likeness (QED) is 0.791. The highest BCUT2D eigenvalue weighted by Gasteiger charge is 2.14. The third-order valence-electron chi connectivity index (χ3n) is 2.97. The lowest BCUT2D eigenvalue weighted by molar-refractivity contribution is 0.592. The van der Waals surface area contributed by atoms with Gasteiger partial charge in [-0.3, -0.25) is 0 Å². The Hall–Kier alpha value is -1.75. The van der Waals surface area contributed by atoms with Crippen molar-refractivity contribution in [1.29, 1.82) is 0 Å². The molecule has 0 fully saturated rings. The highest BCUT2D eigenvalue weighted by Crippen LogP contribution is 2.26. The van der Waals surface area contributed by atoms with Crippen molar-refractivity contribution in [2.24, 2.45) is 0 Å². The molecule has 0 bridgehead atoms. The minimum Gasteiger partial charge on any atom is -0.226 e. The first-order valence-corrected chi connectivity index (χ1v) is 7.79. The Labute approximate surface area is 113 Å². The Kier molecular flexibility index (Phi) is 3.41. The number of hydrogen-bond donors (Lipinski definition) is 0. The molecule has 0 N–H and O–H groups in total. The molecule has 100 valence electrons. The second-order valence-electron chi connectivity index (χ2n) is 4.74. The second-order valence-corrected chi connectivity index (χ2v) is 6.65. The molecule has 0 radical (unpaired) electrons. The summed E-state index contributed by atoms with van der Waals surface area (Å²) in [5.41, 5.74) is 4.84. The van der Waals surface area contributed by atoms with Crippen molar-refractivity contribution in [1.82, 2.24) is 9.97 Å². The monoisotopic (exact) mass is 276 g/mol. The number of hydrogen-bond acceptors (Lipinski definition) is 4. The molecule has 0 unspecified atom stereocenters. The van der Waals surface area contributed by atoms with Crippen LogP contribution in [0.3, 0.4) is 0 Å². The molecule has 4 nitrogen and oxygen atoms in total. The molecule has 0 amide bonds. The Morgan fingerprint density at radius 3 is 2.32 bits per heavy atom. The average molecular weight is 276 g/mol. The first-order valence-electron chi connectivity index (χ1n) is 5.90. The number of aryl methyl sites for hydroxylation is 3. The van der Waals surface area contributed by atoms with E-state index in [0.29, 0.717) is 5.69 Å². The summed E-state index contributed by atoms with van der Waals surface area (Å²) < 4.78 is 22.9. The van der Waals surface area contributed by atoms with Gasteiger partial charge in [-0.1, -0.05) is 23.8 Å². The molecule has 2 rings (SSSR count). The molecule has 0 atom stereocenters. The number of benzene rings is 1. The van der Waals surface area contributed by atoms with Crippen LogP contribution in [-0.4, -0.2) is 24.6 Å². The maximum Gasteiger partial charge on any atom is 0.247 e. The SMILES string of the molecule is Cc1ccc(C)c(-c2cnc(S(C)(=O)=O)nc2C)c1. The van der Waals surface area contributed by atoms with Gasteiger partial charge in [0.15, 0.2) is 0 Å². The number of aromatic nitrogens is 2. The zero-order valence-corrected chi connectivity index (χ0v) is 12.2. The van der Waals surface area contributed by atoms with Crippen LogP contribution in [-0.2, 0) is 9.84 Å². The Balaban J connectivity index is 2.62. The summed E-state index contributed by atoms with van der Waals surface area (Å²) in [4.78, 5) is 8.05. The summed E-state index contributed by atoms with van der Waals surface area (Å²) in [6, 6.07) is 6.13. The molecule has 0 spiro atoms. The fourth-order valence-corrected chi connectivity index (χ4v) is 2.46. The molecule has 19 heavy (non-hydrogen) atoms. The third kappa shape index (κ3) is 2.81. The van der Waals surface area contributed by atoms with Crippen molar-refractivity contribution in [2.75, 3.05) is 6.26 Å². The molecule has 0 saturated carbocycles. The van der Waals surface area contributed by atoms with E-state index < -0.39 is 9.84 Å². The number of sulfone groups is 1.